The summed E-state index contributed by atoms with van der Waals surface area (Å²) in [6.45, 7) is 1.89. The molecule has 0 bridgehead atoms. The zero-order valence-electron chi connectivity index (χ0n) is 6.66. The Morgan fingerprint density at radius 2 is 2.58 bits per heavy atom. The summed E-state index contributed by atoms with van der Waals surface area (Å²) in [7, 11) is 0. The fourth-order valence-corrected chi connectivity index (χ4v) is 0.822. The van der Waals surface area contributed by atoms with Gasteiger partial charge in [-0.25, -0.2) is 4.79 Å². The van der Waals surface area contributed by atoms with Crippen molar-refractivity contribution in [3.05, 3.63) is 17.4 Å². The number of hydrogen-bond acceptors (Lipinski definition) is 3. The van der Waals surface area contributed by atoms with Gasteiger partial charge in [-0.3, -0.25) is 0 Å². The van der Waals surface area contributed by atoms with Crippen LogP contribution < -0.4 is 4.84 Å². The molecule has 1 aromatic heterocycles. The second kappa shape index (κ2) is 4.11. The average Bonchev–Trinajstić information content (AvgIpc) is 2.37. The smallest absolute Gasteiger partial charge is 0.318 e. The molecule has 0 aliphatic rings. The maximum absolute atomic E-state index is 10.9. The van der Waals surface area contributed by atoms with Gasteiger partial charge in [-0.1, -0.05) is 23.4 Å². The molecule has 1 aromatic rings. The highest BCUT2D eigenvalue weighted by atomic mass is 35.5. The number of aromatic nitrogens is 2. The summed E-state index contributed by atoms with van der Waals surface area (Å²) in [6, 6.07) is 1.54. The molecule has 0 saturated heterocycles. The summed E-state index contributed by atoms with van der Waals surface area (Å²) in [5, 5.41) is 3.97. The molecule has 0 saturated carbocycles. The van der Waals surface area contributed by atoms with E-state index in [1.54, 1.807) is 6.07 Å². The fraction of sp³-hybridized carbons (Fsp3) is 0.429. The van der Waals surface area contributed by atoms with Crippen LogP contribution in [0, 0.1) is 0 Å². The molecule has 0 aliphatic carbocycles. The lowest BCUT2D eigenvalue weighted by molar-refractivity contribution is -0.145. The zero-order valence-corrected chi connectivity index (χ0v) is 7.41. The third-order valence-electron chi connectivity index (χ3n) is 1.21. The van der Waals surface area contributed by atoms with E-state index in [0.717, 1.165) is 11.3 Å². The Hall–Kier alpha value is -1.03. The van der Waals surface area contributed by atoms with Crippen LogP contribution in [0.1, 0.15) is 19.8 Å². The first-order valence-corrected chi connectivity index (χ1v) is 4.02. The lowest BCUT2D eigenvalue weighted by atomic mass is 10.3. The van der Waals surface area contributed by atoms with Gasteiger partial charge < -0.3 is 4.84 Å². The van der Waals surface area contributed by atoms with Crippen molar-refractivity contribution in [3.8, 4) is 0 Å². The molecular weight excluding hydrogens is 180 g/mol. The van der Waals surface area contributed by atoms with Gasteiger partial charge in [0.25, 0.3) is 0 Å². The van der Waals surface area contributed by atoms with Crippen molar-refractivity contribution >= 4 is 17.6 Å². The molecule has 1 rings (SSSR count). The highest BCUT2D eigenvalue weighted by molar-refractivity contribution is 6.29. The third kappa shape index (κ3) is 2.23. The van der Waals surface area contributed by atoms with Crippen LogP contribution in [-0.2, 0) is 4.79 Å². The lowest BCUT2D eigenvalue weighted by Crippen LogP contribution is -2.20. The van der Waals surface area contributed by atoms with Gasteiger partial charge in [-0.2, -0.15) is 0 Å². The molecule has 0 amide bonds. The van der Waals surface area contributed by atoms with E-state index in [1.165, 1.54) is 6.20 Å². The molecule has 0 fully saturated rings. The minimum Gasteiger partial charge on any atom is -0.318 e. The van der Waals surface area contributed by atoms with E-state index in [4.69, 9.17) is 16.4 Å². The predicted octanol–water partition coefficient (Wildman–Crippen LogP) is 1.29. The molecule has 0 radical (unpaired) electrons. The van der Waals surface area contributed by atoms with Crippen molar-refractivity contribution in [2.75, 3.05) is 0 Å². The molecule has 0 spiro atoms. The third-order valence-corrected chi connectivity index (χ3v) is 1.48. The maximum atomic E-state index is 10.9. The molecule has 5 heteroatoms. The van der Waals surface area contributed by atoms with Crippen LogP contribution in [0.4, 0.5) is 0 Å². The highest BCUT2D eigenvalue weighted by Gasteiger charge is 2.05. The van der Waals surface area contributed by atoms with E-state index in [9.17, 15) is 4.79 Å². The number of hydrogen-bond donors (Lipinski definition) is 0. The van der Waals surface area contributed by atoms with Gasteiger partial charge in [0.1, 0.15) is 0 Å². The van der Waals surface area contributed by atoms with Crippen LogP contribution >= 0.6 is 11.6 Å². The number of halogens is 1. The van der Waals surface area contributed by atoms with Crippen LogP contribution in [-0.4, -0.2) is 15.9 Å². The van der Waals surface area contributed by atoms with Crippen molar-refractivity contribution in [2.24, 2.45) is 0 Å². The Balaban J connectivity index is 2.52. The van der Waals surface area contributed by atoms with E-state index >= 15 is 0 Å². The van der Waals surface area contributed by atoms with Crippen LogP contribution in [0.25, 0.3) is 0 Å². The van der Waals surface area contributed by atoms with Crippen molar-refractivity contribution in [2.45, 2.75) is 19.8 Å². The molecular formula is C7H9ClN2O2. The Morgan fingerprint density at radius 1 is 1.83 bits per heavy atom. The van der Waals surface area contributed by atoms with Crippen molar-refractivity contribution in [1.29, 1.82) is 0 Å². The second-order valence-corrected chi connectivity index (χ2v) is 2.63. The number of carbonyl (C=O) groups is 1. The average molecular weight is 189 g/mol. The first kappa shape index (κ1) is 9.06. The Kier molecular flexibility index (Phi) is 3.10. The summed E-state index contributed by atoms with van der Waals surface area (Å²) < 4.78 is 0. The Morgan fingerprint density at radius 3 is 3.08 bits per heavy atom. The van der Waals surface area contributed by atoms with E-state index in [0.29, 0.717) is 11.6 Å². The summed E-state index contributed by atoms with van der Waals surface area (Å²) in [6.07, 6.45) is 2.58. The molecule has 1 heterocycles. The quantitative estimate of drug-likeness (QED) is 0.718. The van der Waals surface area contributed by atoms with Gasteiger partial charge in [0.05, 0.1) is 6.20 Å². The molecule has 0 unspecified atom stereocenters. The number of rotatable bonds is 3. The Bertz CT molecular complexity index is 272. The maximum Gasteiger partial charge on any atom is 0.335 e. The molecule has 66 valence electrons. The minimum absolute atomic E-state index is 0.291. The molecule has 0 aromatic carbocycles. The number of nitrogens with zero attached hydrogens (tertiary/aromatic N) is 2. The minimum atomic E-state index is -0.330. The van der Waals surface area contributed by atoms with Crippen molar-refractivity contribution < 1.29 is 9.63 Å². The fourth-order valence-electron chi connectivity index (χ4n) is 0.688. The first-order chi connectivity index (χ1) is 5.74. The van der Waals surface area contributed by atoms with Crippen LogP contribution in [0.15, 0.2) is 12.3 Å². The summed E-state index contributed by atoms with van der Waals surface area (Å²) in [5.41, 5.74) is 0. The number of carbonyl (C=O) groups excluding carboxylic acids is 1. The zero-order chi connectivity index (χ0) is 8.97. The van der Waals surface area contributed by atoms with E-state index in [2.05, 4.69) is 5.10 Å². The summed E-state index contributed by atoms with van der Waals surface area (Å²) in [4.78, 5) is 16.7. The summed E-state index contributed by atoms with van der Waals surface area (Å²) >= 11 is 5.61. The SMILES string of the molecule is CCCC(=O)On1nccc1Cl. The molecule has 12 heavy (non-hydrogen) atoms. The molecule has 0 atom stereocenters. The topological polar surface area (TPSA) is 44.1 Å². The van der Waals surface area contributed by atoms with Gasteiger partial charge in [0, 0.05) is 6.42 Å². The van der Waals surface area contributed by atoms with Gasteiger partial charge >= 0.3 is 5.97 Å². The van der Waals surface area contributed by atoms with Gasteiger partial charge in [-0.15, -0.1) is 5.10 Å². The van der Waals surface area contributed by atoms with E-state index in [1.807, 2.05) is 6.92 Å². The van der Waals surface area contributed by atoms with Crippen LogP contribution in [0.3, 0.4) is 0 Å². The molecule has 0 aliphatic heterocycles. The van der Waals surface area contributed by atoms with Gasteiger partial charge in [-0.05, 0) is 12.5 Å². The van der Waals surface area contributed by atoms with Crippen molar-refractivity contribution in [3.63, 3.8) is 0 Å². The lowest BCUT2D eigenvalue weighted by Gasteiger charge is -2.01. The standard InChI is InChI=1S/C7H9ClN2O2/c1-2-3-7(11)12-10-6(8)4-5-9-10/h4-5H,2-3H2,1H3. The van der Waals surface area contributed by atoms with Gasteiger partial charge in [0.15, 0.2) is 5.15 Å². The predicted molar refractivity (Wildman–Crippen MR) is 43.7 cm³/mol. The second-order valence-electron chi connectivity index (χ2n) is 2.24. The molecule has 4 nitrogen and oxygen atoms in total. The largest absolute Gasteiger partial charge is 0.335 e. The van der Waals surface area contributed by atoms with E-state index < -0.39 is 0 Å². The first-order valence-electron chi connectivity index (χ1n) is 3.64. The van der Waals surface area contributed by atoms with Gasteiger partial charge in [0.2, 0.25) is 0 Å². The summed E-state index contributed by atoms with van der Waals surface area (Å²) in [5.74, 6) is -0.330. The monoisotopic (exact) mass is 188 g/mol. The normalized spacial score (nSPS) is 9.83. The van der Waals surface area contributed by atoms with Crippen LogP contribution in [0.5, 0.6) is 0 Å². The molecule has 0 N–H and O–H groups in total. The highest BCUT2D eigenvalue weighted by Crippen LogP contribution is 2.04. The van der Waals surface area contributed by atoms with Crippen molar-refractivity contribution in [1.82, 2.24) is 9.94 Å². The Labute approximate surface area is 75.0 Å². The van der Waals surface area contributed by atoms with E-state index in [-0.39, 0.29) is 5.97 Å². The van der Waals surface area contributed by atoms with Crippen LogP contribution in [0.2, 0.25) is 5.15 Å².